The summed E-state index contributed by atoms with van der Waals surface area (Å²) in [5.41, 5.74) is 1.97. The molecule has 0 spiro atoms. The van der Waals surface area contributed by atoms with Gasteiger partial charge in [0.15, 0.2) is 6.10 Å². The molecular formula is C13H11NO2S. The summed E-state index contributed by atoms with van der Waals surface area (Å²) in [6, 6.07) is 7.82. The summed E-state index contributed by atoms with van der Waals surface area (Å²) >= 11 is 1.42. The van der Waals surface area contributed by atoms with E-state index in [2.05, 4.69) is 4.98 Å². The molecule has 0 aliphatic rings. The van der Waals surface area contributed by atoms with Gasteiger partial charge >= 0.3 is 0 Å². The van der Waals surface area contributed by atoms with Gasteiger partial charge in [0.1, 0.15) is 16.4 Å². The first-order valence-electron chi connectivity index (χ1n) is 5.31. The molecule has 4 heteroatoms. The predicted octanol–water partition coefficient (Wildman–Crippen LogP) is 3.28. The molecular weight excluding hydrogens is 234 g/mol. The number of thiazole rings is 1. The number of rotatable bonds is 2. The Kier molecular flexibility index (Phi) is 2.46. The first-order chi connectivity index (χ1) is 8.24. The van der Waals surface area contributed by atoms with Crippen LogP contribution in [0.15, 0.2) is 40.3 Å². The van der Waals surface area contributed by atoms with E-state index in [1.54, 1.807) is 6.20 Å². The summed E-state index contributed by atoms with van der Waals surface area (Å²) in [5.74, 6) is 0.542. The van der Waals surface area contributed by atoms with Gasteiger partial charge in [-0.15, -0.1) is 11.3 Å². The Hall–Kier alpha value is -1.65. The summed E-state index contributed by atoms with van der Waals surface area (Å²) in [7, 11) is 0. The van der Waals surface area contributed by atoms with Crippen LogP contribution in [0.5, 0.6) is 0 Å². The third kappa shape index (κ3) is 1.85. The van der Waals surface area contributed by atoms with Crippen LogP contribution in [0, 0.1) is 6.92 Å². The summed E-state index contributed by atoms with van der Waals surface area (Å²) in [6.45, 7) is 2.03. The lowest BCUT2D eigenvalue weighted by Gasteiger charge is -2.01. The third-order valence-corrected chi connectivity index (χ3v) is 3.47. The Balaban J connectivity index is 2.06. The zero-order valence-corrected chi connectivity index (χ0v) is 10.1. The molecule has 1 unspecified atom stereocenters. The smallest absolute Gasteiger partial charge is 0.163 e. The van der Waals surface area contributed by atoms with Crippen molar-refractivity contribution >= 4 is 22.3 Å². The topological polar surface area (TPSA) is 46.3 Å². The van der Waals surface area contributed by atoms with Gasteiger partial charge < -0.3 is 9.52 Å². The fourth-order valence-corrected chi connectivity index (χ4v) is 2.44. The SMILES string of the molecule is Cc1ccc2oc(C(O)c3nccs3)cc2c1. The second-order valence-electron chi connectivity index (χ2n) is 3.96. The number of nitrogens with zero attached hydrogens (tertiary/aromatic N) is 1. The Morgan fingerprint density at radius 1 is 1.35 bits per heavy atom. The molecule has 3 rings (SSSR count). The van der Waals surface area contributed by atoms with Crippen molar-refractivity contribution in [2.24, 2.45) is 0 Å². The van der Waals surface area contributed by atoms with Crippen LogP contribution >= 0.6 is 11.3 Å². The van der Waals surface area contributed by atoms with Crippen LogP contribution in [-0.2, 0) is 0 Å². The quantitative estimate of drug-likeness (QED) is 0.753. The number of benzene rings is 1. The maximum atomic E-state index is 10.1. The summed E-state index contributed by atoms with van der Waals surface area (Å²) in [4.78, 5) is 4.09. The Morgan fingerprint density at radius 2 is 2.24 bits per heavy atom. The maximum Gasteiger partial charge on any atom is 0.163 e. The largest absolute Gasteiger partial charge is 0.458 e. The van der Waals surface area contributed by atoms with Crippen molar-refractivity contribution in [3.05, 3.63) is 52.2 Å². The van der Waals surface area contributed by atoms with Crippen molar-refractivity contribution in [1.29, 1.82) is 0 Å². The molecule has 0 radical (unpaired) electrons. The zero-order valence-electron chi connectivity index (χ0n) is 9.25. The van der Waals surface area contributed by atoms with Crippen molar-refractivity contribution in [2.45, 2.75) is 13.0 Å². The molecule has 0 fully saturated rings. The second kappa shape index (κ2) is 3.98. The molecule has 0 aliphatic carbocycles. The van der Waals surface area contributed by atoms with E-state index in [4.69, 9.17) is 4.42 Å². The van der Waals surface area contributed by atoms with Crippen molar-refractivity contribution in [1.82, 2.24) is 4.98 Å². The minimum atomic E-state index is -0.775. The fraction of sp³-hybridized carbons (Fsp3) is 0.154. The Bertz CT molecular complexity index is 643. The van der Waals surface area contributed by atoms with E-state index in [0.717, 1.165) is 11.0 Å². The van der Waals surface area contributed by atoms with Crippen LogP contribution in [0.3, 0.4) is 0 Å². The van der Waals surface area contributed by atoms with Crippen molar-refractivity contribution in [3.8, 4) is 0 Å². The molecule has 3 aromatic rings. The summed E-state index contributed by atoms with van der Waals surface area (Å²) in [5, 5.41) is 13.6. The van der Waals surface area contributed by atoms with Gasteiger partial charge in [0, 0.05) is 17.0 Å². The molecule has 2 aromatic heterocycles. The number of fused-ring (bicyclic) bond motifs is 1. The van der Waals surface area contributed by atoms with E-state index in [1.165, 1.54) is 16.9 Å². The fourth-order valence-electron chi connectivity index (χ4n) is 1.81. The molecule has 0 saturated carbocycles. The van der Waals surface area contributed by atoms with Crippen LogP contribution < -0.4 is 0 Å². The van der Waals surface area contributed by atoms with Crippen LogP contribution in [0.25, 0.3) is 11.0 Å². The molecule has 1 aromatic carbocycles. The normalized spacial score (nSPS) is 13.1. The number of aromatic nitrogens is 1. The van der Waals surface area contributed by atoms with E-state index in [-0.39, 0.29) is 0 Å². The van der Waals surface area contributed by atoms with Gasteiger partial charge in [-0.05, 0) is 25.1 Å². The predicted molar refractivity (Wildman–Crippen MR) is 67.1 cm³/mol. The monoisotopic (exact) mass is 245 g/mol. The van der Waals surface area contributed by atoms with Gasteiger partial charge in [-0.3, -0.25) is 0 Å². The molecule has 17 heavy (non-hydrogen) atoms. The summed E-state index contributed by atoms with van der Waals surface area (Å²) < 4.78 is 5.63. The van der Waals surface area contributed by atoms with Crippen molar-refractivity contribution < 1.29 is 9.52 Å². The molecule has 2 heterocycles. The molecule has 1 N–H and O–H groups in total. The van der Waals surface area contributed by atoms with Crippen molar-refractivity contribution in [2.75, 3.05) is 0 Å². The van der Waals surface area contributed by atoms with E-state index in [0.29, 0.717) is 10.8 Å². The first kappa shape index (κ1) is 10.5. The third-order valence-electron chi connectivity index (χ3n) is 2.65. The maximum absolute atomic E-state index is 10.1. The molecule has 0 aliphatic heterocycles. The highest BCUT2D eigenvalue weighted by Crippen LogP contribution is 2.29. The number of aryl methyl sites for hydroxylation is 1. The molecule has 0 amide bonds. The van der Waals surface area contributed by atoms with E-state index in [9.17, 15) is 5.11 Å². The van der Waals surface area contributed by atoms with Gasteiger partial charge in [0.05, 0.1) is 0 Å². The summed E-state index contributed by atoms with van der Waals surface area (Å²) in [6.07, 6.45) is 0.901. The lowest BCUT2D eigenvalue weighted by atomic mass is 10.2. The zero-order chi connectivity index (χ0) is 11.8. The molecule has 3 nitrogen and oxygen atoms in total. The van der Waals surface area contributed by atoms with Gasteiger partial charge in [0.2, 0.25) is 0 Å². The number of hydrogen-bond acceptors (Lipinski definition) is 4. The van der Waals surface area contributed by atoms with Crippen LogP contribution in [0.2, 0.25) is 0 Å². The Morgan fingerprint density at radius 3 is 3.00 bits per heavy atom. The average molecular weight is 245 g/mol. The van der Waals surface area contributed by atoms with Crippen LogP contribution in [0.4, 0.5) is 0 Å². The van der Waals surface area contributed by atoms with Gasteiger partial charge in [-0.25, -0.2) is 4.98 Å². The average Bonchev–Trinajstić information content (AvgIpc) is 2.96. The van der Waals surface area contributed by atoms with E-state index in [1.807, 2.05) is 36.6 Å². The lowest BCUT2D eigenvalue weighted by molar-refractivity contribution is 0.192. The van der Waals surface area contributed by atoms with Gasteiger partial charge in [0.25, 0.3) is 0 Å². The standard InChI is InChI=1S/C13H11NO2S/c1-8-2-3-10-9(6-8)7-11(16-10)12(15)13-14-4-5-17-13/h2-7,12,15H,1H3. The molecule has 86 valence electrons. The number of furan rings is 1. The number of aliphatic hydroxyl groups excluding tert-OH is 1. The van der Waals surface area contributed by atoms with Crippen LogP contribution in [0.1, 0.15) is 22.4 Å². The van der Waals surface area contributed by atoms with Crippen molar-refractivity contribution in [3.63, 3.8) is 0 Å². The number of aliphatic hydroxyl groups is 1. The van der Waals surface area contributed by atoms with Gasteiger partial charge in [-0.1, -0.05) is 11.6 Å². The molecule has 1 atom stereocenters. The lowest BCUT2D eigenvalue weighted by Crippen LogP contribution is -1.96. The minimum Gasteiger partial charge on any atom is -0.458 e. The number of hydrogen-bond donors (Lipinski definition) is 1. The van der Waals surface area contributed by atoms with Gasteiger partial charge in [-0.2, -0.15) is 0 Å². The first-order valence-corrected chi connectivity index (χ1v) is 6.19. The van der Waals surface area contributed by atoms with E-state index < -0.39 is 6.10 Å². The highest BCUT2D eigenvalue weighted by Gasteiger charge is 2.17. The second-order valence-corrected chi connectivity index (χ2v) is 4.89. The minimum absolute atomic E-state index is 0.542. The molecule has 0 saturated heterocycles. The molecule has 0 bridgehead atoms. The highest BCUT2D eigenvalue weighted by molar-refractivity contribution is 7.09. The highest BCUT2D eigenvalue weighted by atomic mass is 32.1. The van der Waals surface area contributed by atoms with Crippen LogP contribution in [-0.4, -0.2) is 10.1 Å². The van der Waals surface area contributed by atoms with E-state index >= 15 is 0 Å². The Labute approximate surface area is 102 Å².